The quantitative estimate of drug-likeness (QED) is 0.581. The highest BCUT2D eigenvalue weighted by Gasteiger charge is 2.34. The highest BCUT2D eigenvalue weighted by molar-refractivity contribution is 4.88. The van der Waals surface area contributed by atoms with Gasteiger partial charge < -0.3 is 9.47 Å². The zero-order valence-electron chi connectivity index (χ0n) is 7.52. The molecule has 0 radical (unpaired) electrons. The Morgan fingerprint density at radius 3 is 2.64 bits per heavy atom. The van der Waals surface area contributed by atoms with Gasteiger partial charge >= 0.3 is 0 Å². The third-order valence-corrected chi connectivity index (χ3v) is 1.96. The van der Waals surface area contributed by atoms with Gasteiger partial charge in [0.2, 0.25) is 0 Å². The number of hydrogen-bond acceptors (Lipinski definition) is 2. The molecule has 0 aliphatic carbocycles. The van der Waals surface area contributed by atoms with Crippen LogP contribution in [-0.4, -0.2) is 19.8 Å². The van der Waals surface area contributed by atoms with Crippen LogP contribution in [0.15, 0.2) is 11.8 Å². The standard InChI is InChI=1S/C9H16O2/c1-4-8(2)11-7-9(3)5-10-6-9/h4H,5-7H2,1-3H3. The Kier molecular flexibility index (Phi) is 2.55. The van der Waals surface area contributed by atoms with Gasteiger partial charge in [-0.2, -0.15) is 0 Å². The first-order valence-corrected chi connectivity index (χ1v) is 4.00. The van der Waals surface area contributed by atoms with Crippen molar-refractivity contribution in [2.45, 2.75) is 20.8 Å². The van der Waals surface area contributed by atoms with Crippen molar-refractivity contribution in [3.63, 3.8) is 0 Å². The molecular weight excluding hydrogens is 140 g/mol. The van der Waals surface area contributed by atoms with E-state index in [1.807, 2.05) is 19.9 Å². The molecule has 0 unspecified atom stereocenters. The van der Waals surface area contributed by atoms with E-state index in [0.29, 0.717) is 0 Å². The van der Waals surface area contributed by atoms with Crippen LogP contribution in [0.5, 0.6) is 0 Å². The summed E-state index contributed by atoms with van der Waals surface area (Å²) in [7, 11) is 0. The van der Waals surface area contributed by atoms with Gasteiger partial charge in [-0.1, -0.05) is 13.0 Å². The smallest absolute Gasteiger partial charge is 0.0974 e. The first-order chi connectivity index (χ1) is 5.16. The number of ether oxygens (including phenoxy) is 2. The average Bonchev–Trinajstić information content (AvgIpc) is 1.96. The Balaban J connectivity index is 2.21. The molecule has 64 valence electrons. The second-order valence-electron chi connectivity index (χ2n) is 3.49. The third-order valence-electron chi connectivity index (χ3n) is 1.96. The van der Waals surface area contributed by atoms with Crippen LogP contribution in [-0.2, 0) is 9.47 Å². The average molecular weight is 156 g/mol. The van der Waals surface area contributed by atoms with Crippen molar-refractivity contribution < 1.29 is 9.47 Å². The number of hydrogen-bond donors (Lipinski definition) is 0. The zero-order valence-corrected chi connectivity index (χ0v) is 7.52. The number of rotatable bonds is 3. The predicted octanol–water partition coefficient (Wildman–Crippen LogP) is 1.96. The van der Waals surface area contributed by atoms with Crippen LogP contribution in [0.2, 0.25) is 0 Å². The molecule has 1 rings (SSSR count). The lowest BCUT2D eigenvalue weighted by Crippen LogP contribution is -2.43. The zero-order chi connectivity index (χ0) is 8.32. The molecular formula is C9H16O2. The maximum atomic E-state index is 5.48. The summed E-state index contributed by atoms with van der Waals surface area (Å²) in [4.78, 5) is 0. The summed E-state index contributed by atoms with van der Waals surface area (Å²) in [6.45, 7) is 8.59. The lowest BCUT2D eigenvalue weighted by molar-refractivity contribution is -0.129. The van der Waals surface area contributed by atoms with Crippen LogP contribution in [0, 0.1) is 5.41 Å². The van der Waals surface area contributed by atoms with Crippen molar-refractivity contribution in [2.24, 2.45) is 5.41 Å². The minimum Gasteiger partial charge on any atom is -0.498 e. The summed E-state index contributed by atoms with van der Waals surface area (Å²) < 4.78 is 10.6. The van der Waals surface area contributed by atoms with E-state index in [1.54, 1.807) is 0 Å². The van der Waals surface area contributed by atoms with Gasteiger partial charge in [-0.15, -0.1) is 0 Å². The van der Waals surface area contributed by atoms with Gasteiger partial charge in [0.05, 0.1) is 25.6 Å². The lowest BCUT2D eigenvalue weighted by atomic mass is 9.90. The van der Waals surface area contributed by atoms with Gasteiger partial charge in [-0.05, 0) is 13.8 Å². The lowest BCUT2D eigenvalue weighted by Gasteiger charge is -2.37. The second-order valence-corrected chi connectivity index (χ2v) is 3.49. The van der Waals surface area contributed by atoms with E-state index in [4.69, 9.17) is 9.47 Å². The Morgan fingerprint density at radius 2 is 2.27 bits per heavy atom. The molecule has 0 amide bonds. The molecule has 0 N–H and O–H groups in total. The SMILES string of the molecule is CC=C(C)OCC1(C)COC1. The van der Waals surface area contributed by atoms with E-state index in [-0.39, 0.29) is 5.41 Å². The minimum absolute atomic E-state index is 0.268. The fourth-order valence-corrected chi connectivity index (χ4v) is 0.905. The Hall–Kier alpha value is -0.500. The molecule has 1 saturated heterocycles. The Labute approximate surface area is 68.2 Å². The summed E-state index contributed by atoms with van der Waals surface area (Å²) in [6.07, 6.45) is 1.98. The molecule has 0 aromatic heterocycles. The van der Waals surface area contributed by atoms with E-state index in [0.717, 1.165) is 25.6 Å². The molecule has 1 aliphatic heterocycles. The normalized spacial score (nSPS) is 22.6. The maximum absolute atomic E-state index is 5.48. The van der Waals surface area contributed by atoms with Gasteiger partial charge in [0.1, 0.15) is 0 Å². The summed E-state index contributed by atoms with van der Waals surface area (Å²) in [5.74, 6) is 0.998. The van der Waals surface area contributed by atoms with Crippen LogP contribution >= 0.6 is 0 Å². The predicted molar refractivity (Wildman–Crippen MR) is 44.3 cm³/mol. The Bertz CT molecular complexity index is 157. The third kappa shape index (κ3) is 2.22. The summed E-state index contributed by atoms with van der Waals surface area (Å²) in [5, 5.41) is 0. The molecule has 0 atom stereocenters. The highest BCUT2D eigenvalue weighted by atomic mass is 16.5. The topological polar surface area (TPSA) is 18.5 Å². The van der Waals surface area contributed by atoms with Crippen LogP contribution < -0.4 is 0 Å². The molecule has 0 spiro atoms. The fraction of sp³-hybridized carbons (Fsp3) is 0.778. The molecule has 1 fully saturated rings. The van der Waals surface area contributed by atoms with Crippen LogP contribution in [0.4, 0.5) is 0 Å². The van der Waals surface area contributed by atoms with Crippen molar-refractivity contribution in [1.29, 1.82) is 0 Å². The van der Waals surface area contributed by atoms with Gasteiger partial charge in [0.25, 0.3) is 0 Å². The summed E-state index contributed by atoms with van der Waals surface area (Å²) in [6, 6.07) is 0. The van der Waals surface area contributed by atoms with Crippen LogP contribution in [0.25, 0.3) is 0 Å². The minimum atomic E-state index is 0.268. The molecule has 11 heavy (non-hydrogen) atoms. The van der Waals surface area contributed by atoms with Crippen LogP contribution in [0.1, 0.15) is 20.8 Å². The summed E-state index contributed by atoms with van der Waals surface area (Å²) >= 11 is 0. The number of allylic oxidation sites excluding steroid dienone is 2. The van der Waals surface area contributed by atoms with E-state index in [2.05, 4.69) is 6.92 Å². The molecule has 0 aromatic rings. The van der Waals surface area contributed by atoms with E-state index < -0.39 is 0 Å². The van der Waals surface area contributed by atoms with Crippen molar-refractivity contribution in [2.75, 3.05) is 19.8 Å². The van der Waals surface area contributed by atoms with Crippen LogP contribution in [0.3, 0.4) is 0 Å². The van der Waals surface area contributed by atoms with Crippen molar-refractivity contribution >= 4 is 0 Å². The van der Waals surface area contributed by atoms with Crippen molar-refractivity contribution in [3.05, 3.63) is 11.8 Å². The van der Waals surface area contributed by atoms with Gasteiger partial charge in [-0.3, -0.25) is 0 Å². The molecule has 2 nitrogen and oxygen atoms in total. The summed E-state index contributed by atoms with van der Waals surface area (Å²) in [5.41, 5.74) is 0.268. The molecule has 1 heterocycles. The van der Waals surface area contributed by atoms with Gasteiger partial charge in [-0.25, -0.2) is 0 Å². The maximum Gasteiger partial charge on any atom is 0.0974 e. The monoisotopic (exact) mass is 156 g/mol. The van der Waals surface area contributed by atoms with E-state index in [1.165, 1.54) is 0 Å². The first-order valence-electron chi connectivity index (χ1n) is 4.00. The molecule has 0 saturated carbocycles. The fourth-order valence-electron chi connectivity index (χ4n) is 0.905. The van der Waals surface area contributed by atoms with E-state index >= 15 is 0 Å². The molecule has 2 heteroatoms. The van der Waals surface area contributed by atoms with Crippen molar-refractivity contribution in [3.8, 4) is 0 Å². The largest absolute Gasteiger partial charge is 0.498 e. The first kappa shape index (κ1) is 8.60. The molecule has 1 aliphatic rings. The molecule has 0 aromatic carbocycles. The van der Waals surface area contributed by atoms with Gasteiger partial charge in [0.15, 0.2) is 0 Å². The highest BCUT2D eigenvalue weighted by Crippen LogP contribution is 2.27. The van der Waals surface area contributed by atoms with Crippen molar-refractivity contribution in [1.82, 2.24) is 0 Å². The van der Waals surface area contributed by atoms with Gasteiger partial charge in [0, 0.05) is 5.41 Å². The second kappa shape index (κ2) is 3.26. The van der Waals surface area contributed by atoms with E-state index in [9.17, 15) is 0 Å². The Morgan fingerprint density at radius 1 is 1.64 bits per heavy atom. The molecule has 0 bridgehead atoms.